The van der Waals surface area contributed by atoms with Gasteiger partial charge in [0.2, 0.25) is 0 Å². The van der Waals surface area contributed by atoms with Crippen molar-refractivity contribution in [2.45, 2.75) is 26.2 Å². The van der Waals surface area contributed by atoms with Crippen molar-refractivity contribution in [2.75, 3.05) is 26.7 Å². The molecule has 0 unspecified atom stereocenters. The van der Waals surface area contributed by atoms with Gasteiger partial charge in [0.1, 0.15) is 0 Å². The van der Waals surface area contributed by atoms with Gasteiger partial charge in [-0.3, -0.25) is 0 Å². The highest BCUT2D eigenvalue weighted by Gasteiger charge is 2.43. The number of hydrogen-bond donors (Lipinski definition) is 0. The molecule has 0 radical (unpaired) electrons. The third-order valence-corrected chi connectivity index (χ3v) is 3.77. The van der Waals surface area contributed by atoms with Crippen LogP contribution in [0.3, 0.4) is 0 Å². The summed E-state index contributed by atoms with van der Waals surface area (Å²) in [7, 11) is 2.42. The molecule has 0 aliphatic carbocycles. The lowest BCUT2D eigenvalue weighted by Crippen LogP contribution is -3.00. The van der Waals surface area contributed by atoms with Crippen molar-refractivity contribution < 1.29 is 21.5 Å². The van der Waals surface area contributed by atoms with Gasteiger partial charge in [0.05, 0.1) is 26.7 Å². The summed E-state index contributed by atoms with van der Waals surface area (Å²) in [5.41, 5.74) is 0.746. The molecule has 3 aliphatic rings. The number of piperidine rings is 3. The average molecular weight is 220 g/mol. The van der Waals surface area contributed by atoms with Crippen molar-refractivity contribution in [3.05, 3.63) is 0 Å². The number of hydrogen-bond acceptors (Lipinski definition) is 0. The molecule has 66 valence electrons. The minimum atomic E-state index is 0. The summed E-state index contributed by atoms with van der Waals surface area (Å²) in [6.45, 7) is 6.79. The lowest BCUT2D eigenvalue weighted by atomic mass is 9.73. The van der Waals surface area contributed by atoms with E-state index in [1.165, 1.54) is 43.4 Å². The largest absolute Gasteiger partial charge is 1.00 e. The van der Waals surface area contributed by atoms with E-state index < -0.39 is 0 Å². The Balaban J connectivity index is 0.000000605. The molecule has 11 heavy (non-hydrogen) atoms. The normalized spacial score (nSPS) is 48.5. The Labute approximate surface area is 80.1 Å². The van der Waals surface area contributed by atoms with Crippen molar-refractivity contribution >= 4 is 0 Å². The fraction of sp³-hybridized carbons (Fsp3) is 1.00. The van der Waals surface area contributed by atoms with E-state index in [0.29, 0.717) is 0 Å². The van der Waals surface area contributed by atoms with Gasteiger partial charge in [-0.05, 0) is 5.41 Å². The Morgan fingerprint density at radius 2 is 1.36 bits per heavy atom. The van der Waals surface area contributed by atoms with Crippen molar-refractivity contribution in [2.24, 2.45) is 5.41 Å². The van der Waals surface area contributed by atoms with Gasteiger partial charge in [0.15, 0.2) is 0 Å². The van der Waals surface area contributed by atoms with E-state index >= 15 is 0 Å². The van der Waals surface area contributed by atoms with Crippen molar-refractivity contribution in [3.8, 4) is 0 Å². The number of fused-ring (bicyclic) bond motifs is 3. The molecule has 0 saturated carbocycles. The van der Waals surface area contributed by atoms with Crippen LogP contribution in [-0.4, -0.2) is 31.2 Å². The van der Waals surface area contributed by atoms with Gasteiger partial charge in [-0.25, -0.2) is 0 Å². The smallest absolute Gasteiger partial charge is 0.0789 e. The first-order chi connectivity index (χ1) is 4.62. The number of rotatable bonds is 0. The van der Waals surface area contributed by atoms with E-state index in [0.717, 1.165) is 5.41 Å². The number of halogens is 1. The zero-order valence-electron chi connectivity index (χ0n) is 7.57. The molecule has 0 aromatic rings. The molecule has 3 fully saturated rings. The van der Waals surface area contributed by atoms with Crippen LogP contribution in [0.15, 0.2) is 0 Å². The lowest BCUT2D eigenvalue weighted by Gasteiger charge is -2.51. The quantitative estimate of drug-likeness (QED) is 0.442. The van der Waals surface area contributed by atoms with E-state index in [4.69, 9.17) is 0 Å². The van der Waals surface area contributed by atoms with Crippen LogP contribution in [-0.2, 0) is 0 Å². The summed E-state index contributed by atoms with van der Waals surface area (Å²) >= 11 is 0. The fourth-order valence-corrected chi connectivity index (χ4v) is 2.33. The molecule has 0 atom stereocenters. The molecule has 3 heterocycles. The molecule has 0 aromatic heterocycles. The summed E-state index contributed by atoms with van der Waals surface area (Å²) in [6.07, 6.45) is 4.43. The predicted molar refractivity (Wildman–Crippen MR) is 42.7 cm³/mol. The number of quaternary nitrogens is 1. The molecule has 1 nitrogen and oxygen atoms in total. The Hall–Kier alpha value is 0.440. The van der Waals surface area contributed by atoms with Gasteiger partial charge >= 0.3 is 0 Å². The maximum Gasteiger partial charge on any atom is 0.0789 e. The molecular weight excluding hydrogens is 202 g/mol. The summed E-state index contributed by atoms with van der Waals surface area (Å²) in [5, 5.41) is 0. The van der Waals surface area contributed by atoms with Crippen LogP contribution in [0, 0.1) is 5.41 Å². The Bertz CT molecular complexity index is 113. The van der Waals surface area contributed by atoms with Gasteiger partial charge in [-0.2, -0.15) is 0 Å². The lowest BCUT2D eigenvalue weighted by molar-refractivity contribution is -0.927. The Kier molecular flexibility index (Phi) is 2.37. The molecule has 2 bridgehead atoms. The Morgan fingerprint density at radius 1 is 1.00 bits per heavy atom. The molecule has 0 N–H and O–H groups in total. The van der Waals surface area contributed by atoms with Gasteiger partial charge in [-0.15, -0.1) is 0 Å². The molecule has 0 aromatic carbocycles. The minimum absolute atomic E-state index is 0. The van der Waals surface area contributed by atoms with Gasteiger partial charge in [0, 0.05) is 19.3 Å². The first kappa shape index (κ1) is 9.53. The highest BCUT2D eigenvalue weighted by atomic mass is 79.9. The zero-order valence-corrected chi connectivity index (χ0v) is 9.15. The first-order valence-electron chi connectivity index (χ1n) is 4.46. The van der Waals surface area contributed by atoms with E-state index in [-0.39, 0.29) is 17.0 Å². The van der Waals surface area contributed by atoms with Crippen LogP contribution in [0.5, 0.6) is 0 Å². The molecule has 0 spiro atoms. The van der Waals surface area contributed by atoms with Crippen LogP contribution < -0.4 is 17.0 Å². The molecule has 3 saturated heterocycles. The van der Waals surface area contributed by atoms with Gasteiger partial charge in [0.25, 0.3) is 0 Å². The second kappa shape index (κ2) is 2.74. The highest BCUT2D eigenvalue weighted by Crippen LogP contribution is 2.42. The maximum atomic E-state index is 2.47. The fourth-order valence-electron chi connectivity index (χ4n) is 2.33. The van der Waals surface area contributed by atoms with Crippen molar-refractivity contribution in [3.63, 3.8) is 0 Å². The summed E-state index contributed by atoms with van der Waals surface area (Å²) < 4.78 is 1.37. The van der Waals surface area contributed by atoms with E-state index in [2.05, 4.69) is 14.0 Å². The maximum absolute atomic E-state index is 2.47. The van der Waals surface area contributed by atoms with E-state index in [1.54, 1.807) is 0 Å². The molecule has 3 rings (SSSR count). The summed E-state index contributed by atoms with van der Waals surface area (Å²) in [6, 6.07) is 0. The second-order valence-electron chi connectivity index (χ2n) is 4.85. The van der Waals surface area contributed by atoms with E-state index in [1.807, 2.05) is 0 Å². The third kappa shape index (κ3) is 1.62. The minimum Gasteiger partial charge on any atom is -1.00 e. The van der Waals surface area contributed by atoms with Gasteiger partial charge in [-0.1, -0.05) is 6.92 Å². The average Bonchev–Trinajstić information content (AvgIpc) is 1.93. The van der Waals surface area contributed by atoms with E-state index in [9.17, 15) is 0 Å². The zero-order chi connectivity index (χ0) is 7.24. The second-order valence-corrected chi connectivity index (χ2v) is 4.85. The standard InChI is InChI=1S/C9H18N.BrH/c1-9-3-6-10(2,7-4-9)8-5-9;/h3-8H2,1-2H3;1H/q+1;/p-1. The van der Waals surface area contributed by atoms with Crippen molar-refractivity contribution in [1.29, 1.82) is 0 Å². The summed E-state index contributed by atoms with van der Waals surface area (Å²) in [5.74, 6) is 0. The van der Waals surface area contributed by atoms with Crippen LogP contribution >= 0.6 is 0 Å². The van der Waals surface area contributed by atoms with Crippen LogP contribution in [0.2, 0.25) is 0 Å². The highest BCUT2D eigenvalue weighted by molar-refractivity contribution is 4.81. The molecule has 2 heteroatoms. The van der Waals surface area contributed by atoms with Gasteiger partial charge < -0.3 is 21.5 Å². The van der Waals surface area contributed by atoms with Crippen LogP contribution in [0.1, 0.15) is 26.2 Å². The SMILES string of the molecule is CC12CC[N+](C)(CC1)CC2.[Br-]. The van der Waals surface area contributed by atoms with Crippen molar-refractivity contribution in [1.82, 2.24) is 0 Å². The first-order valence-corrected chi connectivity index (χ1v) is 4.46. The van der Waals surface area contributed by atoms with Crippen LogP contribution in [0.25, 0.3) is 0 Å². The predicted octanol–water partition coefficient (Wildman–Crippen LogP) is -1.36. The topological polar surface area (TPSA) is 0 Å². The molecular formula is C9H18BrN. The Morgan fingerprint density at radius 3 is 1.64 bits per heavy atom. The number of nitrogens with zero attached hydrogens (tertiary/aromatic N) is 1. The molecule has 0 amide bonds. The molecule has 3 aliphatic heterocycles. The monoisotopic (exact) mass is 219 g/mol. The third-order valence-electron chi connectivity index (χ3n) is 3.77. The van der Waals surface area contributed by atoms with Crippen LogP contribution in [0.4, 0.5) is 0 Å². The summed E-state index contributed by atoms with van der Waals surface area (Å²) in [4.78, 5) is 0.